The van der Waals surface area contributed by atoms with Crippen molar-refractivity contribution in [2.24, 2.45) is 5.92 Å². The molecule has 1 saturated carbocycles. The van der Waals surface area contributed by atoms with Crippen LogP contribution >= 0.6 is 11.3 Å². The molecule has 1 aromatic carbocycles. The fourth-order valence-electron chi connectivity index (χ4n) is 5.19. The highest BCUT2D eigenvalue weighted by molar-refractivity contribution is 7.18. The van der Waals surface area contributed by atoms with Crippen LogP contribution in [0.4, 0.5) is 5.69 Å². The number of thiophene rings is 1. The lowest BCUT2D eigenvalue weighted by Gasteiger charge is -2.43. The molecule has 1 aromatic heterocycles. The summed E-state index contributed by atoms with van der Waals surface area (Å²) in [7, 11) is 0. The Morgan fingerprint density at radius 1 is 1.12 bits per heavy atom. The molecular formula is C28H36N2OS. The Kier molecular flexibility index (Phi) is 7.32. The maximum absolute atomic E-state index is 12.8. The van der Waals surface area contributed by atoms with Gasteiger partial charge in [0.15, 0.2) is 5.78 Å². The van der Waals surface area contributed by atoms with Crippen LogP contribution in [0, 0.1) is 5.92 Å². The van der Waals surface area contributed by atoms with E-state index in [0.29, 0.717) is 12.0 Å². The van der Waals surface area contributed by atoms with E-state index in [2.05, 4.69) is 60.2 Å². The van der Waals surface area contributed by atoms with Gasteiger partial charge in [-0.15, -0.1) is 11.3 Å². The molecule has 0 bridgehead atoms. The Morgan fingerprint density at radius 3 is 2.38 bits per heavy atom. The molecule has 0 radical (unpaired) electrons. The van der Waals surface area contributed by atoms with Gasteiger partial charge in [0.1, 0.15) is 0 Å². The van der Waals surface area contributed by atoms with Gasteiger partial charge in [-0.05, 0) is 62.6 Å². The number of likely N-dealkylation sites (tertiary alicyclic amines) is 1. The van der Waals surface area contributed by atoms with Crippen molar-refractivity contribution in [3.8, 4) is 10.4 Å². The minimum atomic E-state index is 0.146. The van der Waals surface area contributed by atoms with Crippen LogP contribution in [0.15, 0.2) is 60.8 Å². The van der Waals surface area contributed by atoms with Gasteiger partial charge >= 0.3 is 0 Å². The summed E-state index contributed by atoms with van der Waals surface area (Å²) in [4.78, 5) is 19.8. The van der Waals surface area contributed by atoms with Gasteiger partial charge in [-0.2, -0.15) is 0 Å². The van der Waals surface area contributed by atoms with Crippen LogP contribution in [0.5, 0.6) is 0 Å². The van der Waals surface area contributed by atoms with E-state index in [9.17, 15) is 4.79 Å². The second-order valence-electron chi connectivity index (χ2n) is 9.30. The van der Waals surface area contributed by atoms with Gasteiger partial charge in [0, 0.05) is 36.6 Å². The minimum Gasteiger partial charge on any atom is -0.341 e. The van der Waals surface area contributed by atoms with Gasteiger partial charge in [0.2, 0.25) is 0 Å². The van der Waals surface area contributed by atoms with Crippen molar-refractivity contribution < 1.29 is 4.79 Å². The number of anilines is 1. The molecule has 4 rings (SSSR count). The predicted molar refractivity (Wildman–Crippen MR) is 138 cm³/mol. The summed E-state index contributed by atoms with van der Waals surface area (Å²) in [5.41, 5.74) is 4.81. The SMILES string of the molecule is C=C1CCC(C(=C)N(c2cc(-c3ccccc3)sc2C(C)=O)C2CCN(CC)CC2)CC1. The molecular weight excluding hydrogens is 412 g/mol. The Labute approximate surface area is 197 Å². The van der Waals surface area contributed by atoms with Gasteiger partial charge in [0.25, 0.3) is 0 Å². The highest BCUT2D eigenvalue weighted by atomic mass is 32.1. The van der Waals surface area contributed by atoms with E-state index in [1.807, 2.05) is 6.07 Å². The van der Waals surface area contributed by atoms with Gasteiger partial charge in [-0.25, -0.2) is 0 Å². The topological polar surface area (TPSA) is 23.6 Å². The Bertz CT molecular complexity index is 959. The first-order valence-electron chi connectivity index (χ1n) is 12.0. The molecule has 0 atom stereocenters. The zero-order chi connectivity index (χ0) is 22.7. The lowest BCUT2D eigenvalue weighted by atomic mass is 9.83. The number of allylic oxidation sites excluding steroid dienone is 2. The van der Waals surface area contributed by atoms with Crippen molar-refractivity contribution in [1.29, 1.82) is 0 Å². The second-order valence-corrected chi connectivity index (χ2v) is 10.4. The molecule has 0 amide bonds. The first-order chi connectivity index (χ1) is 15.5. The Morgan fingerprint density at radius 2 is 1.78 bits per heavy atom. The summed E-state index contributed by atoms with van der Waals surface area (Å²) < 4.78 is 0. The predicted octanol–water partition coefficient (Wildman–Crippen LogP) is 7.17. The lowest BCUT2D eigenvalue weighted by molar-refractivity contribution is 0.102. The van der Waals surface area contributed by atoms with E-state index in [0.717, 1.165) is 73.6 Å². The fourth-order valence-corrected chi connectivity index (χ4v) is 6.24. The van der Waals surface area contributed by atoms with Crippen molar-refractivity contribution in [1.82, 2.24) is 4.90 Å². The third-order valence-electron chi connectivity index (χ3n) is 7.19. The summed E-state index contributed by atoms with van der Waals surface area (Å²) in [6.07, 6.45) is 6.63. The summed E-state index contributed by atoms with van der Waals surface area (Å²) in [5.74, 6) is 0.609. The van der Waals surface area contributed by atoms with E-state index in [1.54, 1.807) is 18.3 Å². The van der Waals surface area contributed by atoms with Gasteiger partial charge in [-0.3, -0.25) is 4.79 Å². The summed E-state index contributed by atoms with van der Waals surface area (Å²) >= 11 is 1.63. The van der Waals surface area contributed by atoms with Crippen LogP contribution in [0.2, 0.25) is 0 Å². The number of hydrogen-bond donors (Lipinski definition) is 0. The number of benzene rings is 1. The monoisotopic (exact) mass is 448 g/mol. The van der Waals surface area contributed by atoms with Crippen LogP contribution in [-0.4, -0.2) is 36.4 Å². The number of Topliss-reactive ketones (excluding diaryl/α,β-unsaturated/α-hetero) is 1. The lowest BCUT2D eigenvalue weighted by Crippen LogP contribution is -2.45. The summed E-state index contributed by atoms with van der Waals surface area (Å²) in [6, 6.07) is 13.1. The second kappa shape index (κ2) is 10.2. The van der Waals surface area contributed by atoms with E-state index in [1.165, 1.54) is 16.8 Å². The first-order valence-corrected chi connectivity index (χ1v) is 12.9. The normalized spacial score (nSPS) is 18.6. The molecule has 2 aliphatic rings. The van der Waals surface area contributed by atoms with E-state index in [4.69, 9.17) is 0 Å². The maximum atomic E-state index is 12.8. The molecule has 1 aliphatic carbocycles. The number of carbonyl (C=O) groups excluding carboxylic acids is 1. The Hall–Kier alpha value is -2.17. The standard InChI is InChI=1S/C28H36N2OS/c1-5-29-17-15-25(16-18-29)30(21(3)23-13-11-20(2)12-14-23)26-19-27(32-28(26)22(4)31)24-9-7-6-8-10-24/h6-10,19,23,25H,2-3,5,11-18H2,1,4H3. The molecule has 2 fully saturated rings. The Balaban J connectivity index is 1.72. The van der Waals surface area contributed by atoms with Crippen LogP contribution in [0.3, 0.4) is 0 Å². The van der Waals surface area contributed by atoms with Crippen molar-refractivity contribution in [2.45, 2.75) is 58.4 Å². The van der Waals surface area contributed by atoms with E-state index < -0.39 is 0 Å². The molecule has 2 heterocycles. The molecule has 3 nitrogen and oxygen atoms in total. The molecule has 170 valence electrons. The van der Waals surface area contributed by atoms with Crippen molar-refractivity contribution in [2.75, 3.05) is 24.5 Å². The van der Waals surface area contributed by atoms with Crippen LogP contribution < -0.4 is 4.90 Å². The van der Waals surface area contributed by atoms with Crippen LogP contribution in [0.1, 0.15) is 62.0 Å². The van der Waals surface area contributed by atoms with E-state index >= 15 is 0 Å². The number of ketones is 1. The summed E-state index contributed by atoms with van der Waals surface area (Å²) in [5, 5.41) is 0. The maximum Gasteiger partial charge on any atom is 0.171 e. The molecule has 4 heteroatoms. The quantitative estimate of drug-likeness (QED) is 0.331. The van der Waals surface area contributed by atoms with Crippen molar-refractivity contribution in [3.05, 3.63) is 65.7 Å². The number of carbonyl (C=O) groups is 1. The summed E-state index contributed by atoms with van der Waals surface area (Å²) in [6.45, 7) is 16.1. The molecule has 0 N–H and O–H groups in total. The third-order valence-corrected chi connectivity index (χ3v) is 8.47. The van der Waals surface area contributed by atoms with Crippen molar-refractivity contribution >= 4 is 22.8 Å². The van der Waals surface area contributed by atoms with Crippen LogP contribution in [-0.2, 0) is 0 Å². The van der Waals surface area contributed by atoms with Gasteiger partial charge in [0.05, 0.1) is 10.6 Å². The minimum absolute atomic E-state index is 0.146. The zero-order valence-electron chi connectivity index (χ0n) is 19.6. The van der Waals surface area contributed by atoms with Crippen LogP contribution in [0.25, 0.3) is 10.4 Å². The molecule has 0 spiro atoms. The average molecular weight is 449 g/mol. The average Bonchev–Trinajstić information content (AvgIpc) is 3.26. The number of piperidine rings is 1. The molecule has 2 aromatic rings. The smallest absolute Gasteiger partial charge is 0.171 e. The highest BCUT2D eigenvalue weighted by Gasteiger charge is 2.33. The largest absolute Gasteiger partial charge is 0.341 e. The first kappa shape index (κ1) is 23.0. The number of nitrogens with zero attached hydrogens (tertiary/aromatic N) is 2. The third kappa shape index (κ3) is 4.92. The molecule has 0 unspecified atom stereocenters. The zero-order valence-corrected chi connectivity index (χ0v) is 20.4. The molecule has 1 aliphatic heterocycles. The van der Waals surface area contributed by atoms with Gasteiger partial charge < -0.3 is 9.80 Å². The van der Waals surface area contributed by atoms with Crippen molar-refractivity contribution in [3.63, 3.8) is 0 Å². The molecule has 1 saturated heterocycles. The number of rotatable bonds is 7. The fraction of sp³-hybridized carbons (Fsp3) is 0.464. The highest BCUT2D eigenvalue weighted by Crippen LogP contribution is 2.43. The molecule has 32 heavy (non-hydrogen) atoms. The number of hydrogen-bond acceptors (Lipinski definition) is 4. The van der Waals surface area contributed by atoms with Gasteiger partial charge in [-0.1, -0.05) is 56.0 Å². The van der Waals surface area contributed by atoms with E-state index in [-0.39, 0.29) is 5.78 Å².